The predicted octanol–water partition coefficient (Wildman–Crippen LogP) is 0.982. The number of carbonyl (C=O) groups excluding carboxylic acids is 1. The van der Waals surface area contributed by atoms with E-state index in [4.69, 9.17) is 10.5 Å². The van der Waals surface area contributed by atoms with Crippen molar-refractivity contribution >= 4 is 5.91 Å². The van der Waals surface area contributed by atoms with Crippen LogP contribution >= 0.6 is 0 Å². The van der Waals surface area contributed by atoms with E-state index in [1.807, 2.05) is 31.3 Å². The average Bonchev–Trinajstić information content (AvgIpc) is 2.49. The molecule has 0 saturated heterocycles. The first-order valence-corrected chi connectivity index (χ1v) is 6.96. The highest BCUT2D eigenvalue weighted by atomic mass is 16.5. The molecule has 1 aromatic carbocycles. The molecule has 0 saturated carbocycles. The summed E-state index contributed by atoms with van der Waals surface area (Å²) in [5.74, 6) is 0.948. The number of carbonyl (C=O) groups is 1. The van der Waals surface area contributed by atoms with E-state index in [0.29, 0.717) is 19.6 Å². The smallest absolute Gasteiger partial charge is 0.221 e. The zero-order valence-electron chi connectivity index (χ0n) is 12.4. The molecular weight excluding hydrogens is 254 g/mol. The summed E-state index contributed by atoms with van der Waals surface area (Å²) in [6, 6.07) is 7.84. The Morgan fingerprint density at radius 1 is 1.30 bits per heavy atom. The van der Waals surface area contributed by atoms with Crippen molar-refractivity contribution in [2.24, 2.45) is 5.73 Å². The topological polar surface area (TPSA) is 67.6 Å². The number of hydrogen-bond donors (Lipinski definition) is 2. The normalized spacial score (nSPS) is 10.6. The van der Waals surface area contributed by atoms with Gasteiger partial charge in [-0.2, -0.15) is 0 Å². The summed E-state index contributed by atoms with van der Waals surface area (Å²) in [5, 5.41) is 2.62. The highest BCUT2D eigenvalue weighted by molar-refractivity contribution is 5.75. The van der Waals surface area contributed by atoms with Gasteiger partial charge in [-0.05, 0) is 31.2 Å². The van der Waals surface area contributed by atoms with E-state index >= 15 is 0 Å². The van der Waals surface area contributed by atoms with E-state index in [1.165, 1.54) is 0 Å². The predicted molar refractivity (Wildman–Crippen MR) is 80.6 cm³/mol. The molecule has 0 fully saturated rings. The number of nitrogens with one attached hydrogen (secondary N) is 1. The van der Waals surface area contributed by atoms with Crippen molar-refractivity contribution in [3.8, 4) is 5.75 Å². The van der Waals surface area contributed by atoms with Gasteiger partial charge in [0.2, 0.25) is 5.91 Å². The standard InChI is InChI=1S/C15H25N3O2/c1-17-15(19)8-10-18(2)9-3-11-20-14-6-4-13(12-16)5-7-14/h4-7H,3,8-12,16H2,1-2H3,(H,17,19). The molecular formula is C15H25N3O2. The molecule has 0 heterocycles. The summed E-state index contributed by atoms with van der Waals surface area (Å²) in [6.07, 6.45) is 1.47. The Balaban J connectivity index is 2.12. The first-order valence-electron chi connectivity index (χ1n) is 6.96. The fraction of sp³-hybridized carbons (Fsp3) is 0.533. The molecule has 0 aliphatic rings. The van der Waals surface area contributed by atoms with Gasteiger partial charge in [-0.25, -0.2) is 0 Å². The summed E-state index contributed by atoms with van der Waals surface area (Å²) >= 11 is 0. The van der Waals surface area contributed by atoms with Crippen molar-refractivity contribution in [1.82, 2.24) is 10.2 Å². The van der Waals surface area contributed by atoms with Crippen LogP contribution in [0.3, 0.4) is 0 Å². The average molecular weight is 279 g/mol. The van der Waals surface area contributed by atoms with Crippen LogP contribution in [0.1, 0.15) is 18.4 Å². The summed E-state index contributed by atoms with van der Waals surface area (Å²) in [4.78, 5) is 13.2. The zero-order valence-corrected chi connectivity index (χ0v) is 12.4. The van der Waals surface area contributed by atoms with Crippen LogP contribution in [0.5, 0.6) is 5.75 Å². The third-order valence-corrected chi connectivity index (χ3v) is 3.11. The molecule has 0 bridgehead atoms. The minimum atomic E-state index is 0.0769. The van der Waals surface area contributed by atoms with E-state index in [1.54, 1.807) is 7.05 Å². The molecule has 0 atom stereocenters. The van der Waals surface area contributed by atoms with E-state index in [9.17, 15) is 4.79 Å². The second-order valence-corrected chi connectivity index (χ2v) is 4.78. The van der Waals surface area contributed by atoms with Crippen LogP contribution in [0.25, 0.3) is 0 Å². The van der Waals surface area contributed by atoms with Crippen LogP contribution in [0, 0.1) is 0 Å². The highest BCUT2D eigenvalue weighted by Crippen LogP contribution is 2.11. The summed E-state index contributed by atoms with van der Waals surface area (Å²) < 4.78 is 5.66. The summed E-state index contributed by atoms with van der Waals surface area (Å²) in [7, 11) is 3.67. The van der Waals surface area contributed by atoms with Crippen molar-refractivity contribution in [1.29, 1.82) is 0 Å². The van der Waals surface area contributed by atoms with Crippen molar-refractivity contribution in [2.45, 2.75) is 19.4 Å². The Bertz CT molecular complexity index is 393. The Morgan fingerprint density at radius 3 is 2.60 bits per heavy atom. The molecule has 112 valence electrons. The Morgan fingerprint density at radius 2 is 2.00 bits per heavy atom. The van der Waals surface area contributed by atoms with Crippen LogP contribution < -0.4 is 15.8 Å². The number of rotatable bonds is 9. The minimum absolute atomic E-state index is 0.0769. The van der Waals surface area contributed by atoms with Gasteiger partial charge in [-0.15, -0.1) is 0 Å². The first kappa shape index (κ1) is 16.5. The molecule has 0 aliphatic carbocycles. The van der Waals surface area contributed by atoms with Gasteiger partial charge in [0, 0.05) is 33.1 Å². The van der Waals surface area contributed by atoms with Crippen LogP contribution in [-0.4, -0.2) is 44.6 Å². The van der Waals surface area contributed by atoms with Crippen LogP contribution in [0.15, 0.2) is 24.3 Å². The maximum absolute atomic E-state index is 11.1. The Hall–Kier alpha value is -1.59. The molecule has 20 heavy (non-hydrogen) atoms. The highest BCUT2D eigenvalue weighted by Gasteiger charge is 2.02. The molecule has 1 amide bonds. The van der Waals surface area contributed by atoms with Crippen molar-refractivity contribution in [3.05, 3.63) is 29.8 Å². The summed E-state index contributed by atoms with van der Waals surface area (Å²) in [5.41, 5.74) is 6.64. The number of ether oxygens (including phenoxy) is 1. The molecule has 1 rings (SSSR count). The molecule has 0 aromatic heterocycles. The molecule has 3 N–H and O–H groups in total. The fourth-order valence-corrected chi connectivity index (χ4v) is 1.78. The van der Waals surface area contributed by atoms with Crippen LogP contribution in [0.4, 0.5) is 0 Å². The summed E-state index contributed by atoms with van der Waals surface area (Å²) in [6.45, 7) is 2.91. The van der Waals surface area contributed by atoms with Gasteiger partial charge < -0.3 is 20.7 Å². The van der Waals surface area contributed by atoms with Gasteiger partial charge in [0.1, 0.15) is 5.75 Å². The number of amides is 1. The maximum atomic E-state index is 11.1. The maximum Gasteiger partial charge on any atom is 0.221 e. The van der Waals surface area contributed by atoms with E-state index in [0.717, 1.165) is 30.8 Å². The number of nitrogens with zero attached hydrogens (tertiary/aromatic N) is 1. The SMILES string of the molecule is CNC(=O)CCN(C)CCCOc1ccc(CN)cc1. The molecule has 0 aliphatic heterocycles. The lowest BCUT2D eigenvalue weighted by Gasteiger charge is -2.16. The van der Waals surface area contributed by atoms with Gasteiger partial charge in [-0.1, -0.05) is 12.1 Å². The number of benzene rings is 1. The third kappa shape index (κ3) is 6.54. The molecule has 5 heteroatoms. The first-order chi connectivity index (χ1) is 9.65. The van der Waals surface area contributed by atoms with E-state index in [2.05, 4.69) is 10.2 Å². The molecule has 0 spiro atoms. The second kappa shape index (κ2) is 9.34. The Labute approximate surface area is 121 Å². The monoisotopic (exact) mass is 279 g/mol. The van der Waals surface area contributed by atoms with Gasteiger partial charge in [0.25, 0.3) is 0 Å². The van der Waals surface area contributed by atoms with Gasteiger partial charge in [-0.3, -0.25) is 4.79 Å². The van der Waals surface area contributed by atoms with Gasteiger partial charge in [0.05, 0.1) is 6.61 Å². The van der Waals surface area contributed by atoms with Crippen molar-refractivity contribution < 1.29 is 9.53 Å². The van der Waals surface area contributed by atoms with Crippen LogP contribution in [0.2, 0.25) is 0 Å². The minimum Gasteiger partial charge on any atom is -0.494 e. The van der Waals surface area contributed by atoms with Crippen molar-refractivity contribution in [2.75, 3.05) is 33.8 Å². The lowest BCUT2D eigenvalue weighted by atomic mass is 10.2. The largest absolute Gasteiger partial charge is 0.494 e. The number of hydrogen-bond acceptors (Lipinski definition) is 4. The molecule has 0 unspecified atom stereocenters. The molecule has 5 nitrogen and oxygen atoms in total. The van der Waals surface area contributed by atoms with Gasteiger partial charge >= 0.3 is 0 Å². The third-order valence-electron chi connectivity index (χ3n) is 3.11. The lowest BCUT2D eigenvalue weighted by molar-refractivity contribution is -0.120. The van der Waals surface area contributed by atoms with Crippen molar-refractivity contribution in [3.63, 3.8) is 0 Å². The van der Waals surface area contributed by atoms with Crippen LogP contribution in [-0.2, 0) is 11.3 Å². The molecule has 1 aromatic rings. The van der Waals surface area contributed by atoms with E-state index < -0.39 is 0 Å². The molecule has 0 radical (unpaired) electrons. The zero-order chi connectivity index (χ0) is 14.8. The lowest BCUT2D eigenvalue weighted by Crippen LogP contribution is -2.27. The fourth-order valence-electron chi connectivity index (χ4n) is 1.78. The Kier molecular flexibility index (Phi) is 7.69. The van der Waals surface area contributed by atoms with E-state index in [-0.39, 0.29) is 5.91 Å². The quantitative estimate of drug-likeness (QED) is 0.661. The number of nitrogens with two attached hydrogens (primary N) is 1. The second-order valence-electron chi connectivity index (χ2n) is 4.78. The van der Waals surface area contributed by atoms with Gasteiger partial charge in [0.15, 0.2) is 0 Å².